The summed E-state index contributed by atoms with van der Waals surface area (Å²) in [5, 5.41) is 0. The predicted molar refractivity (Wildman–Crippen MR) is 69.2 cm³/mol. The fourth-order valence-corrected chi connectivity index (χ4v) is 2.12. The second kappa shape index (κ2) is 6.49. The van der Waals surface area contributed by atoms with E-state index in [0.717, 1.165) is 25.3 Å². The lowest BCUT2D eigenvalue weighted by Crippen LogP contribution is -2.23. The van der Waals surface area contributed by atoms with Gasteiger partial charge in [-0.1, -0.05) is 34.1 Å². The van der Waals surface area contributed by atoms with Gasteiger partial charge in [0.15, 0.2) is 0 Å². The van der Waals surface area contributed by atoms with Crippen molar-refractivity contribution in [2.75, 3.05) is 25.9 Å². The molecule has 0 spiro atoms. The van der Waals surface area contributed by atoms with Gasteiger partial charge in [0.1, 0.15) is 0 Å². The first kappa shape index (κ1) is 12.1. The molecule has 0 fully saturated rings. The topological polar surface area (TPSA) is 3.24 Å². The first-order valence-corrected chi connectivity index (χ1v) is 6.19. The number of hydrogen-bond acceptors (Lipinski definition) is 2. The average Bonchev–Trinajstić information content (AvgIpc) is 2.17. The largest absolute Gasteiger partial charge is 0.305 e. The van der Waals surface area contributed by atoms with Crippen LogP contribution in [0.1, 0.15) is 5.56 Å². The highest BCUT2D eigenvalue weighted by atomic mass is 79.9. The van der Waals surface area contributed by atoms with Crippen LogP contribution >= 0.6 is 28.6 Å². The van der Waals surface area contributed by atoms with Crippen molar-refractivity contribution in [2.24, 2.45) is 0 Å². The minimum atomic E-state index is 0.923. The summed E-state index contributed by atoms with van der Waals surface area (Å²) in [4.78, 5) is 2.30. The fourth-order valence-electron chi connectivity index (χ4n) is 1.29. The minimum Gasteiger partial charge on any atom is -0.305 e. The van der Waals surface area contributed by atoms with Crippen molar-refractivity contribution in [3.8, 4) is 0 Å². The molecule has 0 aliphatic heterocycles. The van der Waals surface area contributed by atoms with Crippen molar-refractivity contribution in [3.05, 3.63) is 34.3 Å². The third kappa shape index (κ3) is 4.03. The number of hydrogen-bond donors (Lipinski definition) is 1. The third-order valence-corrected chi connectivity index (χ3v) is 3.18. The zero-order valence-electron chi connectivity index (χ0n) is 8.41. The Morgan fingerprint density at radius 1 is 1.29 bits per heavy atom. The number of halogens is 1. The molecule has 78 valence electrons. The molecule has 0 bridgehead atoms. The molecule has 1 nitrogen and oxygen atoms in total. The summed E-state index contributed by atoms with van der Waals surface area (Å²) in [5.41, 5.74) is 1.37. The highest BCUT2D eigenvalue weighted by Gasteiger charge is 2.00. The maximum absolute atomic E-state index is 4.21. The van der Waals surface area contributed by atoms with Crippen LogP contribution in [0.3, 0.4) is 0 Å². The van der Waals surface area contributed by atoms with Gasteiger partial charge in [-0.25, -0.2) is 0 Å². The van der Waals surface area contributed by atoms with Gasteiger partial charge in [0.2, 0.25) is 0 Å². The highest BCUT2D eigenvalue weighted by molar-refractivity contribution is 9.10. The van der Waals surface area contributed by atoms with Gasteiger partial charge in [-0.3, -0.25) is 0 Å². The van der Waals surface area contributed by atoms with E-state index in [1.807, 2.05) is 6.07 Å². The molecule has 0 aliphatic carbocycles. The summed E-state index contributed by atoms with van der Waals surface area (Å²) in [5.74, 6) is 0.923. The van der Waals surface area contributed by atoms with E-state index in [-0.39, 0.29) is 0 Å². The van der Waals surface area contributed by atoms with Crippen molar-refractivity contribution in [3.63, 3.8) is 0 Å². The Morgan fingerprint density at radius 2 is 2.00 bits per heavy atom. The summed E-state index contributed by atoms with van der Waals surface area (Å²) in [7, 11) is 2.13. The lowest BCUT2D eigenvalue weighted by molar-refractivity contribution is 0.360. The standard InChI is InChI=1S/C11H16BrNS/c1-13(8-9-14)7-6-10-4-2-3-5-11(10)12/h2-5,14H,6-9H2,1H3. The third-order valence-electron chi connectivity index (χ3n) is 2.20. The van der Waals surface area contributed by atoms with Crippen molar-refractivity contribution in [1.82, 2.24) is 4.90 Å². The molecule has 0 aliphatic rings. The molecular weight excluding hydrogens is 258 g/mol. The molecule has 1 rings (SSSR count). The maximum atomic E-state index is 4.21. The average molecular weight is 274 g/mol. The Labute approximate surface area is 100 Å². The van der Waals surface area contributed by atoms with Gasteiger partial charge in [0.25, 0.3) is 0 Å². The Kier molecular flexibility index (Phi) is 5.60. The van der Waals surface area contributed by atoms with E-state index in [9.17, 15) is 0 Å². The van der Waals surface area contributed by atoms with Crippen molar-refractivity contribution in [2.45, 2.75) is 6.42 Å². The number of nitrogens with zero attached hydrogens (tertiary/aromatic N) is 1. The van der Waals surface area contributed by atoms with E-state index < -0.39 is 0 Å². The van der Waals surface area contributed by atoms with Crippen LogP contribution in [0.15, 0.2) is 28.7 Å². The molecule has 0 amide bonds. The molecule has 0 heterocycles. The summed E-state index contributed by atoms with van der Waals surface area (Å²) in [6, 6.07) is 8.39. The van der Waals surface area contributed by atoms with Crippen LogP contribution in [-0.2, 0) is 6.42 Å². The highest BCUT2D eigenvalue weighted by Crippen LogP contribution is 2.16. The SMILES string of the molecule is CN(CCS)CCc1ccccc1Br. The van der Waals surface area contributed by atoms with E-state index in [2.05, 4.69) is 58.7 Å². The van der Waals surface area contributed by atoms with Gasteiger partial charge >= 0.3 is 0 Å². The number of likely N-dealkylation sites (N-methyl/N-ethyl adjacent to an activating group) is 1. The van der Waals surface area contributed by atoms with E-state index in [4.69, 9.17) is 0 Å². The lowest BCUT2D eigenvalue weighted by Gasteiger charge is -2.15. The Balaban J connectivity index is 2.41. The molecule has 0 N–H and O–H groups in total. The van der Waals surface area contributed by atoms with Crippen molar-refractivity contribution >= 4 is 28.6 Å². The fraction of sp³-hybridized carbons (Fsp3) is 0.455. The van der Waals surface area contributed by atoms with E-state index in [0.29, 0.717) is 0 Å². The van der Waals surface area contributed by atoms with Gasteiger partial charge in [-0.15, -0.1) is 0 Å². The van der Waals surface area contributed by atoms with Crippen LogP contribution in [0, 0.1) is 0 Å². The van der Waals surface area contributed by atoms with Crippen molar-refractivity contribution < 1.29 is 0 Å². The number of rotatable bonds is 5. The van der Waals surface area contributed by atoms with E-state index >= 15 is 0 Å². The predicted octanol–water partition coefficient (Wildman–Crippen LogP) is 2.85. The van der Waals surface area contributed by atoms with Gasteiger partial charge in [-0.2, -0.15) is 12.6 Å². The molecule has 0 saturated heterocycles. The molecule has 3 heteroatoms. The Hall–Kier alpha value is 0.01000. The van der Waals surface area contributed by atoms with Crippen LogP contribution in [-0.4, -0.2) is 30.8 Å². The van der Waals surface area contributed by atoms with Crippen LogP contribution in [0.25, 0.3) is 0 Å². The Bertz CT molecular complexity index is 278. The first-order valence-electron chi connectivity index (χ1n) is 4.77. The lowest BCUT2D eigenvalue weighted by atomic mass is 10.1. The molecule has 1 aromatic carbocycles. The zero-order valence-corrected chi connectivity index (χ0v) is 10.9. The summed E-state index contributed by atoms with van der Waals surface area (Å²) in [6.45, 7) is 2.14. The van der Waals surface area contributed by atoms with Crippen LogP contribution in [0.4, 0.5) is 0 Å². The smallest absolute Gasteiger partial charge is 0.0207 e. The van der Waals surface area contributed by atoms with Crippen LogP contribution in [0.5, 0.6) is 0 Å². The van der Waals surface area contributed by atoms with Crippen molar-refractivity contribution in [1.29, 1.82) is 0 Å². The monoisotopic (exact) mass is 273 g/mol. The molecule has 0 aromatic heterocycles. The maximum Gasteiger partial charge on any atom is 0.0207 e. The van der Waals surface area contributed by atoms with Gasteiger partial charge in [0, 0.05) is 23.3 Å². The molecular formula is C11H16BrNS. The van der Waals surface area contributed by atoms with Gasteiger partial charge in [0.05, 0.1) is 0 Å². The summed E-state index contributed by atoms with van der Waals surface area (Å²) < 4.78 is 1.21. The Morgan fingerprint density at radius 3 is 2.64 bits per heavy atom. The van der Waals surface area contributed by atoms with E-state index in [1.54, 1.807) is 0 Å². The van der Waals surface area contributed by atoms with Crippen LogP contribution < -0.4 is 0 Å². The van der Waals surface area contributed by atoms with Gasteiger partial charge in [-0.05, 0) is 25.1 Å². The quantitative estimate of drug-likeness (QED) is 0.808. The van der Waals surface area contributed by atoms with Crippen LogP contribution in [0.2, 0.25) is 0 Å². The van der Waals surface area contributed by atoms with Gasteiger partial charge < -0.3 is 4.90 Å². The number of thiol groups is 1. The molecule has 14 heavy (non-hydrogen) atoms. The molecule has 0 atom stereocenters. The zero-order chi connectivity index (χ0) is 10.4. The minimum absolute atomic E-state index is 0.923. The molecule has 0 saturated carbocycles. The summed E-state index contributed by atoms with van der Waals surface area (Å²) >= 11 is 7.76. The summed E-state index contributed by atoms with van der Waals surface area (Å²) in [6.07, 6.45) is 1.09. The molecule has 0 radical (unpaired) electrons. The second-order valence-electron chi connectivity index (χ2n) is 3.37. The normalized spacial score (nSPS) is 10.9. The molecule has 0 unspecified atom stereocenters. The molecule has 1 aromatic rings. The first-order chi connectivity index (χ1) is 6.74. The van der Waals surface area contributed by atoms with E-state index in [1.165, 1.54) is 10.0 Å². The second-order valence-corrected chi connectivity index (χ2v) is 4.67. The number of benzene rings is 1.